The van der Waals surface area contributed by atoms with Gasteiger partial charge in [0.2, 0.25) is 5.91 Å². The lowest BCUT2D eigenvalue weighted by molar-refractivity contribution is -0.116. The van der Waals surface area contributed by atoms with Crippen molar-refractivity contribution in [3.63, 3.8) is 0 Å². The van der Waals surface area contributed by atoms with E-state index in [1.807, 2.05) is 13.0 Å². The molecular weight excluding hydrogens is 316 g/mol. The first-order chi connectivity index (χ1) is 11.9. The Kier molecular flexibility index (Phi) is 6.17. The van der Waals surface area contributed by atoms with Gasteiger partial charge >= 0.3 is 0 Å². The molecule has 2 amide bonds. The molecule has 0 saturated carbocycles. The second-order valence-electron chi connectivity index (χ2n) is 5.94. The molecule has 5 heteroatoms. The predicted molar refractivity (Wildman–Crippen MR) is 100 cm³/mol. The highest BCUT2D eigenvalue weighted by molar-refractivity contribution is 6.04. The van der Waals surface area contributed by atoms with Crippen LogP contribution in [0.3, 0.4) is 0 Å². The summed E-state index contributed by atoms with van der Waals surface area (Å²) in [5.74, 6) is 0.428. The van der Waals surface area contributed by atoms with Gasteiger partial charge in [-0.2, -0.15) is 0 Å². The number of carbonyl (C=O) groups is 2. The number of amides is 2. The summed E-state index contributed by atoms with van der Waals surface area (Å²) >= 11 is 0. The van der Waals surface area contributed by atoms with E-state index < -0.39 is 0 Å². The third-order valence-corrected chi connectivity index (χ3v) is 3.99. The summed E-state index contributed by atoms with van der Waals surface area (Å²) in [4.78, 5) is 25.3. The monoisotopic (exact) mass is 340 g/mol. The normalized spacial score (nSPS) is 11.5. The molecule has 0 bridgehead atoms. The molecule has 0 saturated heterocycles. The van der Waals surface area contributed by atoms with E-state index in [2.05, 4.69) is 12.2 Å². The van der Waals surface area contributed by atoms with Crippen molar-refractivity contribution in [2.24, 2.45) is 0 Å². The summed E-state index contributed by atoms with van der Waals surface area (Å²) in [6.45, 7) is 5.55. The van der Waals surface area contributed by atoms with Crippen molar-refractivity contribution >= 4 is 23.2 Å². The fourth-order valence-electron chi connectivity index (χ4n) is 2.18. The third-order valence-electron chi connectivity index (χ3n) is 3.99. The van der Waals surface area contributed by atoms with Crippen molar-refractivity contribution < 1.29 is 14.3 Å². The molecule has 25 heavy (non-hydrogen) atoms. The molecule has 5 nitrogen and oxygen atoms in total. The van der Waals surface area contributed by atoms with E-state index in [9.17, 15) is 9.59 Å². The lowest BCUT2D eigenvalue weighted by atomic mass is 10.2. The van der Waals surface area contributed by atoms with Crippen LogP contribution in [0.1, 0.15) is 37.6 Å². The van der Waals surface area contributed by atoms with E-state index in [-0.39, 0.29) is 17.9 Å². The first kappa shape index (κ1) is 18.5. The summed E-state index contributed by atoms with van der Waals surface area (Å²) in [6.07, 6.45) is 1.00. The standard InChI is InChI=1S/C20H24N2O3/c1-5-14(2)25-19-8-6-7-16(13-19)20(24)21-17-9-11-18(12-10-17)22(4)15(3)23/h6-14H,5H2,1-4H3,(H,21,24). The van der Waals surface area contributed by atoms with Crippen LogP contribution in [-0.2, 0) is 4.79 Å². The Hall–Kier alpha value is -2.82. The number of carbonyl (C=O) groups excluding carboxylic acids is 2. The number of anilines is 2. The van der Waals surface area contributed by atoms with Gasteiger partial charge in [0.25, 0.3) is 5.91 Å². The molecule has 0 spiro atoms. The van der Waals surface area contributed by atoms with E-state index in [0.29, 0.717) is 17.0 Å². The average molecular weight is 340 g/mol. The highest BCUT2D eigenvalue weighted by Crippen LogP contribution is 2.19. The number of rotatable bonds is 6. The first-order valence-electron chi connectivity index (χ1n) is 8.33. The number of hydrogen-bond donors (Lipinski definition) is 1. The Morgan fingerprint density at radius 2 is 1.84 bits per heavy atom. The number of hydrogen-bond acceptors (Lipinski definition) is 3. The maximum absolute atomic E-state index is 12.4. The van der Waals surface area contributed by atoms with Crippen LogP contribution in [0.25, 0.3) is 0 Å². The molecule has 2 rings (SSSR count). The predicted octanol–water partition coefficient (Wildman–Crippen LogP) is 4.10. The second-order valence-corrected chi connectivity index (χ2v) is 5.94. The summed E-state index contributed by atoms with van der Waals surface area (Å²) in [5.41, 5.74) is 1.97. The quantitative estimate of drug-likeness (QED) is 0.861. The molecule has 132 valence electrons. The minimum absolute atomic E-state index is 0.0464. The molecule has 0 aliphatic heterocycles. The van der Waals surface area contributed by atoms with Gasteiger partial charge < -0.3 is 15.0 Å². The van der Waals surface area contributed by atoms with Gasteiger partial charge in [-0.05, 0) is 55.8 Å². The molecule has 0 heterocycles. The van der Waals surface area contributed by atoms with Gasteiger partial charge in [0.1, 0.15) is 5.75 Å². The molecule has 0 fully saturated rings. The molecule has 0 aliphatic carbocycles. The Morgan fingerprint density at radius 1 is 1.16 bits per heavy atom. The molecule has 0 aromatic heterocycles. The van der Waals surface area contributed by atoms with Crippen LogP contribution < -0.4 is 15.0 Å². The molecule has 0 aliphatic rings. The first-order valence-corrected chi connectivity index (χ1v) is 8.33. The van der Waals surface area contributed by atoms with Crippen LogP contribution in [0.15, 0.2) is 48.5 Å². The van der Waals surface area contributed by atoms with Gasteiger partial charge in [-0.25, -0.2) is 0 Å². The van der Waals surface area contributed by atoms with Crippen LogP contribution in [-0.4, -0.2) is 25.0 Å². The zero-order valence-electron chi connectivity index (χ0n) is 15.1. The van der Waals surface area contributed by atoms with Crippen LogP contribution in [0.4, 0.5) is 11.4 Å². The van der Waals surface area contributed by atoms with Crippen LogP contribution in [0.5, 0.6) is 5.75 Å². The summed E-state index contributed by atoms with van der Waals surface area (Å²) in [6, 6.07) is 14.3. The minimum Gasteiger partial charge on any atom is -0.491 e. The molecule has 2 aromatic rings. The van der Waals surface area contributed by atoms with Gasteiger partial charge in [0.05, 0.1) is 6.10 Å². The van der Waals surface area contributed by atoms with Crippen LogP contribution in [0.2, 0.25) is 0 Å². The summed E-state index contributed by atoms with van der Waals surface area (Å²) < 4.78 is 5.75. The zero-order chi connectivity index (χ0) is 18.4. The van der Waals surface area contributed by atoms with E-state index in [1.54, 1.807) is 54.4 Å². The van der Waals surface area contributed by atoms with Gasteiger partial charge in [-0.1, -0.05) is 13.0 Å². The third kappa shape index (κ3) is 5.08. The SMILES string of the molecule is CCC(C)Oc1cccc(C(=O)Nc2ccc(N(C)C(C)=O)cc2)c1. The molecular formula is C20H24N2O3. The van der Waals surface area contributed by atoms with Crippen molar-refractivity contribution in [2.45, 2.75) is 33.3 Å². The van der Waals surface area contributed by atoms with Gasteiger partial charge in [0, 0.05) is 30.9 Å². The molecule has 2 aromatic carbocycles. The van der Waals surface area contributed by atoms with Gasteiger partial charge in [0.15, 0.2) is 0 Å². The number of nitrogens with zero attached hydrogens (tertiary/aromatic N) is 1. The smallest absolute Gasteiger partial charge is 0.255 e. The Morgan fingerprint density at radius 3 is 2.44 bits per heavy atom. The van der Waals surface area contributed by atoms with Gasteiger partial charge in [-0.3, -0.25) is 9.59 Å². The zero-order valence-corrected chi connectivity index (χ0v) is 15.1. The fourth-order valence-corrected chi connectivity index (χ4v) is 2.18. The average Bonchev–Trinajstić information content (AvgIpc) is 2.61. The largest absolute Gasteiger partial charge is 0.491 e. The van der Waals surface area contributed by atoms with E-state index in [1.165, 1.54) is 6.92 Å². The Balaban J connectivity index is 2.07. The van der Waals surface area contributed by atoms with Gasteiger partial charge in [-0.15, -0.1) is 0 Å². The van der Waals surface area contributed by atoms with E-state index in [0.717, 1.165) is 12.1 Å². The van der Waals surface area contributed by atoms with Crippen molar-refractivity contribution in [2.75, 3.05) is 17.3 Å². The number of benzene rings is 2. The maximum Gasteiger partial charge on any atom is 0.255 e. The highest BCUT2D eigenvalue weighted by Gasteiger charge is 2.10. The Bertz CT molecular complexity index is 741. The molecule has 0 radical (unpaired) electrons. The lowest BCUT2D eigenvalue weighted by Gasteiger charge is -2.15. The summed E-state index contributed by atoms with van der Waals surface area (Å²) in [5, 5.41) is 2.85. The molecule has 1 N–H and O–H groups in total. The molecule has 1 atom stereocenters. The minimum atomic E-state index is -0.206. The fraction of sp³-hybridized carbons (Fsp3) is 0.300. The van der Waals surface area contributed by atoms with Crippen molar-refractivity contribution in [1.29, 1.82) is 0 Å². The van der Waals surface area contributed by atoms with Crippen molar-refractivity contribution in [3.8, 4) is 5.75 Å². The van der Waals surface area contributed by atoms with E-state index in [4.69, 9.17) is 4.74 Å². The van der Waals surface area contributed by atoms with Crippen LogP contribution in [0, 0.1) is 0 Å². The molecule has 1 unspecified atom stereocenters. The van der Waals surface area contributed by atoms with Crippen LogP contribution >= 0.6 is 0 Å². The number of nitrogens with one attached hydrogen (secondary N) is 1. The number of ether oxygens (including phenoxy) is 1. The van der Waals surface area contributed by atoms with E-state index >= 15 is 0 Å². The Labute approximate surface area is 148 Å². The lowest BCUT2D eigenvalue weighted by Crippen LogP contribution is -2.22. The maximum atomic E-state index is 12.4. The topological polar surface area (TPSA) is 58.6 Å². The highest BCUT2D eigenvalue weighted by atomic mass is 16.5. The second kappa shape index (κ2) is 8.33. The van der Waals surface area contributed by atoms with Crippen molar-refractivity contribution in [1.82, 2.24) is 0 Å². The summed E-state index contributed by atoms with van der Waals surface area (Å²) in [7, 11) is 1.71. The van der Waals surface area contributed by atoms with Crippen molar-refractivity contribution in [3.05, 3.63) is 54.1 Å².